The number of nitrogens with zero attached hydrogens (tertiary/aromatic N) is 7. The zero-order valence-corrected chi connectivity index (χ0v) is 29.2. The van der Waals surface area contributed by atoms with E-state index in [4.69, 9.17) is 28.1 Å². The SMILES string of the molecule is [C-]#[N+]c1ccccc1-c1ccc2c(c1)c1cc(-c3ccccc3C#N)ccc1n2-c1ccc(-c2nc(-c3ccccc3)nc(-c3ccccc3)n2)c([N+]#[C-])c1. The highest BCUT2D eigenvalue weighted by Gasteiger charge is 2.19. The zero-order chi connectivity index (χ0) is 37.3. The van der Waals surface area contributed by atoms with Crippen molar-refractivity contribution in [2.75, 3.05) is 0 Å². The maximum Gasteiger partial charge on any atom is 0.200 e. The normalized spacial score (nSPS) is 10.9. The van der Waals surface area contributed by atoms with Crippen molar-refractivity contribution in [2.24, 2.45) is 0 Å². The van der Waals surface area contributed by atoms with Crippen LogP contribution in [-0.2, 0) is 0 Å². The summed E-state index contributed by atoms with van der Waals surface area (Å²) in [6.07, 6.45) is 0. The first kappa shape index (κ1) is 32.7. The largest absolute Gasteiger partial charge is 0.311 e. The van der Waals surface area contributed by atoms with Gasteiger partial charge in [-0.05, 0) is 64.7 Å². The van der Waals surface area contributed by atoms with Gasteiger partial charge in [0.1, 0.15) is 0 Å². The molecule has 2 heterocycles. The van der Waals surface area contributed by atoms with Crippen LogP contribution >= 0.6 is 0 Å². The smallest absolute Gasteiger partial charge is 0.200 e. The van der Waals surface area contributed by atoms with Crippen molar-refractivity contribution < 1.29 is 0 Å². The summed E-state index contributed by atoms with van der Waals surface area (Å²) in [7, 11) is 0. The number of nitriles is 1. The van der Waals surface area contributed by atoms with Crippen molar-refractivity contribution in [1.29, 1.82) is 5.26 Å². The van der Waals surface area contributed by atoms with Crippen LogP contribution in [0.1, 0.15) is 5.56 Å². The summed E-state index contributed by atoms with van der Waals surface area (Å²) in [5, 5.41) is 11.9. The average molecular weight is 702 g/mol. The third-order valence-electron chi connectivity index (χ3n) is 9.76. The Morgan fingerprint density at radius 3 is 1.58 bits per heavy atom. The number of benzene rings is 7. The second kappa shape index (κ2) is 13.7. The number of rotatable bonds is 6. The number of aromatic nitrogens is 4. The number of para-hydroxylation sites is 1. The Labute approximate surface area is 317 Å². The Morgan fingerprint density at radius 2 is 0.982 bits per heavy atom. The molecule has 0 aliphatic heterocycles. The lowest BCUT2D eigenvalue weighted by atomic mass is 9.97. The average Bonchev–Trinajstić information content (AvgIpc) is 3.59. The van der Waals surface area contributed by atoms with Crippen molar-refractivity contribution in [1.82, 2.24) is 19.5 Å². The molecule has 0 bridgehead atoms. The molecule has 7 nitrogen and oxygen atoms in total. The highest BCUT2D eigenvalue weighted by atomic mass is 15.0. The number of hydrogen-bond acceptors (Lipinski definition) is 4. The summed E-state index contributed by atoms with van der Waals surface area (Å²) in [5.41, 5.74) is 10.1. The Balaban J connectivity index is 1.25. The molecule has 0 spiro atoms. The quantitative estimate of drug-likeness (QED) is 0.162. The first-order chi connectivity index (χ1) is 27.1. The molecule has 0 unspecified atom stereocenters. The fourth-order valence-corrected chi connectivity index (χ4v) is 7.15. The van der Waals surface area contributed by atoms with Crippen LogP contribution in [0.3, 0.4) is 0 Å². The van der Waals surface area contributed by atoms with Crippen LogP contribution in [0.2, 0.25) is 0 Å². The third-order valence-corrected chi connectivity index (χ3v) is 9.76. The molecule has 7 heteroatoms. The molecule has 0 atom stereocenters. The molecule has 7 aromatic carbocycles. The van der Waals surface area contributed by atoms with E-state index in [0.717, 1.165) is 60.9 Å². The van der Waals surface area contributed by atoms with Crippen LogP contribution < -0.4 is 0 Å². The minimum absolute atomic E-state index is 0.402. The molecule has 0 saturated carbocycles. The van der Waals surface area contributed by atoms with E-state index in [2.05, 4.69) is 44.6 Å². The Kier molecular flexibility index (Phi) is 8.18. The minimum Gasteiger partial charge on any atom is -0.311 e. The van der Waals surface area contributed by atoms with Gasteiger partial charge < -0.3 is 4.57 Å². The van der Waals surface area contributed by atoms with E-state index in [9.17, 15) is 5.26 Å². The van der Waals surface area contributed by atoms with E-state index in [1.807, 2.05) is 140 Å². The van der Waals surface area contributed by atoms with Crippen LogP contribution in [0, 0.1) is 24.5 Å². The molecular weight excluding hydrogens is 675 g/mol. The molecule has 0 amide bonds. The first-order valence-electron chi connectivity index (χ1n) is 17.6. The molecule has 254 valence electrons. The van der Waals surface area contributed by atoms with Gasteiger partial charge in [0.05, 0.1) is 35.8 Å². The fraction of sp³-hybridized carbons (Fsp3) is 0. The van der Waals surface area contributed by atoms with E-state index in [0.29, 0.717) is 40.0 Å². The highest BCUT2D eigenvalue weighted by Crippen LogP contribution is 2.41. The number of hydrogen-bond donors (Lipinski definition) is 0. The van der Waals surface area contributed by atoms with E-state index < -0.39 is 0 Å². The maximum atomic E-state index is 9.91. The molecule has 0 saturated heterocycles. The van der Waals surface area contributed by atoms with E-state index >= 15 is 0 Å². The zero-order valence-electron chi connectivity index (χ0n) is 29.2. The molecule has 0 aliphatic rings. The second-order valence-corrected chi connectivity index (χ2v) is 12.9. The van der Waals surface area contributed by atoms with Gasteiger partial charge in [0.15, 0.2) is 28.8 Å². The lowest BCUT2D eigenvalue weighted by molar-refractivity contribution is 1.07. The van der Waals surface area contributed by atoms with Crippen LogP contribution in [0.25, 0.3) is 93.6 Å². The summed E-state index contributed by atoms with van der Waals surface area (Å²) >= 11 is 0. The molecular formula is C48H27N7. The van der Waals surface area contributed by atoms with Crippen LogP contribution in [0.4, 0.5) is 11.4 Å². The predicted molar refractivity (Wildman–Crippen MR) is 219 cm³/mol. The first-order valence-corrected chi connectivity index (χ1v) is 17.6. The molecule has 0 radical (unpaired) electrons. The van der Waals surface area contributed by atoms with Gasteiger partial charge in [-0.3, -0.25) is 0 Å². The topological polar surface area (TPSA) is 76.1 Å². The monoisotopic (exact) mass is 701 g/mol. The maximum absolute atomic E-state index is 9.91. The predicted octanol–water partition coefficient (Wildman–Crippen LogP) is 12.3. The lowest BCUT2D eigenvalue weighted by Gasteiger charge is -2.13. The Bertz CT molecular complexity index is 2900. The van der Waals surface area contributed by atoms with Gasteiger partial charge in [-0.25, -0.2) is 24.6 Å². The summed E-state index contributed by atoms with van der Waals surface area (Å²) in [6, 6.07) is 55.4. The molecule has 0 aliphatic carbocycles. The van der Waals surface area contributed by atoms with Gasteiger partial charge in [0.2, 0.25) is 0 Å². The van der Waals surface area contributed by atoms with Gasteiger partial charge in [-0.15, -0.1) is 0 Å². The summed E-state index contributed by atoms with van der Waals surface area (Å²) in [5.74, 6) is 1.46. The van der Waals surface area contributed by atoms with Crippen LogP contribution in [0.5, 0.6) is 0 Å². The molecule has 9 rings (SSSR count). The van der Waals surface area contributed by atoms with Gasteiger partial charge in [-0.1, -0.05) is 121 Å². The molecule has 0 N–H and O–H groups in total. The standard InChI is InChI=1S/C48H27N7/c1-50-42-20-12-11-19-38(42)34-22-26-45-41(28-34)40-27-33(37-18-10-9-17-35(37)30-49)21-25-44(40)55(45)36-23-24-39(43(29-36)51-2)48-53-46(31-13-5-3-6-14-31)52-47(54-48)32-15-7-4-8-16-32/h3-29H. The summed E-state index contributed by atoms with van der Waals surface area (Å²) in [4.78, 5) is 22.4. The molecule has 2 aromatic heterocycles. The van der Waals surface area contributed by atoms with Crippen LogP contribution in [0.15, 0.2) is 164 Å². The van der Waals surface area contributed by atoms with Gasteiger partial charge in [-0.2, -0.15) is 5.26 Å². The van der Waals surface area contributed by atoms with Gasteiger partial charge in [0.25, 0.3) is 0 Å². The van der Waals surface area contributed by atoms with E-state index in [-0.39, 0.29) is 0 Å². The second-order valence-electron chi connectivity index (χ2n) is 12.9. The summed E-state index contributed by atoms with van der Waals surface area (Å²) in [6.45, 7) is 16.1. The minimum atomic E-state index is 0.402. The van der Waals surface area contributed by atoms with Crippen LogP contribution in [-0.4, -0.2) is 19.5 Å². The fourth-order valence-electron chi connectivity index (χ4n) is 7.15. The van der Waals surface area contributed by atoms with E-state index in [1.165, 1.54) is 0 Å². The number of fused-ring (bicyclic) bond motifs is 3. The van der Waals surface area contributed by atoms with Crippen molar-refractivity contribution in [3.8, 4) is 68.2 Å². The Morgan fingerprint density at radius 1 is 0.455 bits per heavy atom. The molecule has 55 heavy (non-hydrogen) atoms. The Hall–Kier alpha value is -8.18. The lowest BCUT2D eigenvalue weighted by Crippen LogP contribution is -2.01. The van der Waals surface area contributed by atoms with Crippen molar-refractivity contribution in [2.45, 2.75) is 0 Å². The third kappa shape index (κ3) is 5.83. The molecule has 9 aromatic rings. The summed E-state index contributed by atoms with van der Waals surface area (Å²) < 4.78 is 2.16. The van der Waals surface area contributed by atoms with Crippen molar-refractivity contribution in [3.05, 3.63) is 192 Å². The van der Waals surface area contributed by atoms with Gasteiger partial charge >= 0.3 is 0 Å². The van der Waals surface area contributed by atoms with E-state index in [1.54, 1.807) is 0 Å². The van der Waals surface area contributed by atoms with Crippen molar-refractivity contribution >= 4 is 33.2 Å². The molecule has 0 fully saturated rings. The van der Waals surface area contributed by atoms with Crippen molar-refractivity contribution in [3.63, 3.8) is 0 Å². The van der Waals surface area contributed by atoms with Gasteiger partial charge in [0, 0.05) is 33.2 Å². The highest BCUT2D eigenvalue weighted by molar-refractivity contribution is 6.12.